The molecule has 80 valence electrons. The number of halogens is 2. The summed E-state index contributed by atoms with van der Waals surface area (Å²) < 4.78 is 0. The fourth-order valence-electron chi connectivity index (χ4n) is 1.39. The van der Waals surface area contributed by atoms with Crippen LogP contribution in [-0.4, -0.2) is 30.6 Å². The van der Waals surface area contributed by atoms with E-state index in [2.05, 4.69) is 0 Å². The van der Waals surface area contributed by atoms with Crippen LogP contribution in [0.2, 0.25) is 0 Å². The van der Waals surface area contributed by atoms with Gasteiger partial charge in [0.05, 0.1) is 0 Å². The lowest BCUT2D eigenvalue weighted by atomic mass is 9.97. The predicted octanol–water partition coefficient (Wildman–Crippen LogP) is 0.579. The number of nitrogens with two attached hydrogens (primary N) is 2. The molecule has 0 aromatic carbocycles. The van der Waals surface area contributed by atoms with Crippen LogP contribution in [0, 0.1) is 5.92 Å². The third kappa shape index (κ3) is 4.55. The number of urea groups is 1. The lowest BCUT2D eigenvalue weighted by molar-refractivity contribution is 0.180. The lowest BCUT2D eigenvalue weighted by Gasteiger charge is -2.29. The molecule has 0 unspecified atom stereocenters. The fraction of sp³-hybridized carbons (Fsp3) is 0.857. The Hall–Kier alpha value is -0.190. The molecular formula is C7H17Cl2N3O. The van der Waals surface area contributed by atoms with E-state index >= 15 is 0 Å². The topological polar surface area (TPSA) is 72.3 Å². The van der Waals surface area contributed by atoms with Crippen molar-refractivity contribution in [3.63, 3.8) is 0 Å². The summed E-state index contributed by atoms with van der Waals surface area (Å²) in [6.07, 6.45) is 2.00. The van der Waals surface area contributed by atoms with E-state index in [1.165, 1.54) is 0 Å². The number of piperidine rings is 1. The number of carbonyl (C=O) groups excluding carboxylic acids is 1. The van der Waals surface area contributed by atoms with Crippen molar-refractivity contribution in [3.05, 3.63) is 0 Å². The van der Waals surface area contributed by atoms with Crippen molar-refractivity contribution in [2.75, 3.05) is 19.6 Å². The van der Waals surface area contributed by atoms with Gasteiger partial charge < -0.3 is 16.4 Å². The van der Waals surface area contributed by atoms with Gasteiger partial charge in [0.15, 0.2) is 0 Å². The van der Waals surface area contributed by atoms with Crippen LogP contribution in [0.25, 0.3) is 0 Å². The molecule has 0 atom stereocenters. The highest BCUT2D eigenvalue weighted by Crippen LogP contribution is 2.14. The van der Waals surface area contributed by atoms with E-state index < -0.39 is 0 Å². The summed E-state index contributed by atoms with van der Waals surface area (Å²) in [6, 6.07) is -0.305. The summed E-state index contributed by atoms with van der Waals surface area (Å²) >= 11 is 0. The number of hydrogen-bond donors (Lipinski definition) is 2. The van der Waals surface area contributed by atoms with E-state index in [1.54, 1.807) is 4.90 Å². The van der Waals surface area contributed by atoms with E-state index in [-0.39, 0.29) is 30.8 Å². The number of primary amides is 1. The van der Waals surface area contributed by atoms with Gasteiger partial charge in [0.25, 0.3) is 0 Å². The lowest BCUT2D eigenvalue weighted by Crippen LogP contribution is -2.42. The van der Waals surface area contributed by atoms with Crippen LogP contribution < -0.4 is 11.5 Å². The molecule has 0 aromatic heterocycles. The highest BCUT2D eigenvalue weighted by Gasteiger charge is 2.19. The summed E-state index contributed by atoms with van der Waals surface area (Å²) in [5.41, 5.74) is 10.6. The van der Waals surface area contributed by atoms with E-state index in [0.29, 0.717) is 5.92 Å². The molecule has 1 heterocycles. The second-order valence-electron chi connectivity index (χ2n) is 3.00. The summed E-state index contributed by atoms with van der Waals surface area (Å²) in [6.45, 7) is 2.28. The highest BCUT2D eigenvalue weighted by atomic mass is 35.5. The zero-order chi connectivity index (χ0) is 8.27. The number of likely N-dealkylation sites (tertiary alicyclic amines) is 1. The minimum Gasteiger partial charge on any atom is -0.351 e. The van der Waals surface area contributed by atoms with Crippen LogP contribution in [0.1, 0.15) is 12.8 Å². The van der Waals surface area contributed by atoms with E-state index in [1.807, 2.05) is 0 Å². The Morgan fingerprint density at radius 3 is 2.08 bits per heavy atom. The molecule has 0 aliphatic carbocycles. The van der Waals surface area contributed by atoms with Crippen molar-refractivity contribution in [1.29, 1.82) is 0 Å². The summed E-state index contributed by atoms with van der Waals surface area (Å²) in [4.78, 5) is 12.3. The van der Waals surface area contributed by atoms with Crippen LogP contribution in [0.5, 0.6) is 0 Å². The molecule has 0 bridgehead atoms. The fourth-order valence-corrected chi connectivity index (χ4v) is 1.39. The van der Waals surface area contributed by atoms with Crippen LogP contribution in [0.15, 0.2) is 0 Å². The van der Waals surface area contributed by atoms with Crippen molar-refractivity contribution >= 4 is 30.8 Å². The first kappa shape index (κ1) is 15.3. The van der Waals surface area contributed by atoms with Gasteiger partial charge in [-0.1, -0.05) is 0 Å². The maximum Gasteiger partial charge on any atom is 0.314 e. The zero-order valence-corrected chi connectivity index (χ0v) is 9.07. The summed E-state index contributed by atoms with van der Waals surface area (Å²) in [7, 11) is 0. The van der Waals surface area contributed by atoms with Crippen LogP contribution in [0.4, 0.5) is 4.79 Å². The predicted molar refractivity (Wildman–Crippen MR) is 57.4 cm³/mol. The van der Waals surface area contributed by atoms with E-state index in [0.717, 1.165) is 32.5 Å². The van der Waals surface area contributed by atoms with Gasteiger partial charge in [-0.25, -0.2) is 4.79 Å². The summed E-state index contributed by atoms with van der Waals surface area (Å²) in [5.74, 6) is 0.589. The van der Waals surface area contributed by atoms with E-state index in [9.17, 15) is 4.79 Å². The normalized spacial score (nSPS) is 17.2. The Bertz CT molecular complexity index is 149. The monoisotopic (exact) mass is 229 g/mol. The standard InChI is InChI=1S/C7H15N3O.2ClH/c8-5-6-1-3-10(4-2-6)7(9)11;;/h6H,1-5,8H2,(H2,9,11);2*1H. The Kier molecular flexibility index (Phi) is 8.51. The molecule has 6 heteroatoms. The van der Waals surface area contributed by atoms with Gasteiger partial charge in [-0.2, -0.15) is 0 Å². The minimum atomic E-state index is -0.305. The number of nitrogens with zero attached hydrogens (tertiary/aromatic N) is 1. The Labute approximate surface area is 90.8 Å². The van der Waals surface area contributed by atoms with Crippen molar-refractivity contribution in [3.8, 4) is 0 Å². The third-order valence-electron chi connectivity index (χ3n) is 2.26. The zero-order valence-electron chi connectivity index (χ0n) is 7.44. The Morgan fingerprint density at radius 2 is 1.77 bits per heavy atom. The minimum absolute atomic E-state index is 0. The molecule has 2 amide bonds. The SMILES string of the molecule is Cl.Cl.NCC1CCN(C(N)=O)CC1. The Morgan fingerprint density at radius 1 is 1.31 bits per heavy atom. The molecule has 1 aliphatic rings. The first-order chi connectivity index (χ1) is 5.24. The molecule has 13 heavy (non-hydrogen) atoms. The van der Waals surface area contributed by atoms with Gasteiger partial charge >= 0.3 is 6.03 Å². The molecule has 4 N–H and O–H groups in total. The second-order valence-corrected chi connectivity index (χ2v) is 3.00. The Balaban J connectivity index is 0. The molecule has 0 spiro atoms. The van der Waals surface area contributed by atoms with Gasteiger partial charge in [-0.15, -0.1) is 24.8 Å². The molecule has 1 aliphatic heterocycles. The van der Waals surface area contributed by atoms with Crippen molar-refractivity contribution < 1.29 is 4.79 Å². The number of amides is 2. The van der Waals surface area contributed by atoms with Crippen LogP contribution in [-0.2, 0) is 0 Å². The number of rotatable bonds is 1. The highest BCUT2D eigenvalue weighted by molar-refractivity contribution is 5.85. The number of carbonyl (C=O) groups is 1. The maximum absolute atomic E-state index is 10.7. The van der Waals surface area contributed by atoms with Gasteiger partial charge in [0.2, 0.25) is 0 Å². The first-order valence-corrected chi connectivity index (χ1v) is 3.98. The number of hydrogen-bond acceptors (Lipinski definition) is 2. The van der Waals surface area contributed by atoms with Crippen LogP contribution >= 0.6 is 24.8 Å². The molecule has 4 nitrogen and oxygen atoms in total. The van der Waals surface area contributed by atoms with Gasteiger partial charge in [0.1, 0.15) is 0 Å². The third-order valence-corrected chi connectivity index (χ3v) is 2.26. The molecule has 1 fully saturated rings. The maximum atomic E-state index is 10.7. The second kappa shape index (κ2) is 7.24. The van der Waals surface area contributed by atoms with E-state index in [4.69, 9.17) is 11.5 Å². The smallest absolute Gasteiger partial charge is 0.314 e. The van der Waals surface area contributed by atoms with Gasteiger partial charge in [0, 0.05) is 13.1 Å². The van der Waals surface area contributed by atoms with Crippen LogP contribution in [0.3, 0.4) is 0 Å². The van der Waals surface area contributed by atoms with Crippen molar-refractivity contribution in [2.24, 2.45) is 17.4 Å². The molecule has 0 aromatic rings. The quantitative estimate of drug-likeness (QED) is 0.691. The molecule has 1 saturated heterocycles. The largest absolute Gasteiger partial charge is 0.351 e. The molecule has 0 radical (unpaired) electrons. The summed E-state index contributed by atoms with van der Waals surface area (Å²) in [5, 5.41) is 0. The molecule has 0 saturated carbocycles. The molecule has 1 rings (SSSR count). The average Bonchev–Trinajstić information content (AvgIpc) is 2.05. The molecular weight excluding hydrogens is 213 g/mol. The van der Waals surface area contributed by atoms with Gasteiger partial charge in [-0.3, -0.25) is 0 Å². The average molecular weight is 230 g/mol. The van der Waals surface area contributed by atoms with Crippen molar-refractivity contribution in [2.45, 2.75) is 12.8 Å². The van der Waals surface area contributed by atoms with Gasteiger partial charge in [-0.05, 0) is 25.3 Å². The first-order valence-electron chi connectivity index (χ1n) is 3.98. The van der Waals surface area contributed by atoms with Crippen molar-refractivity contribution in [1.82, 2.24) is 4.90 Å².